The minimum Gasteiger partial charge on any atom is -0.493 e. The lowest BCUT2D eigenvalue weighted by molar-refractivity contribution is 0.139. The molecule has 9 heteroatoms. The van der Waals surface area contributed by atoms with Gasteiger partial charge >= 0.3 is 6.09 Å². The molecule has 30 heavy (non-hydrogen) atoms. The van der Waals surface area contributed by atoms with Crippen molar-refractivity contribution < 1.29 is 24.1 Å². The predicted molar refractivity (Wildman–Crippen MR) is 112 cm³/mol. The highest BCUT2D eigenvalue weighted by molar-refractivity contribution is 5.67. The highest BCUT2D eigenvalue weighted by Crippen LogP contribution is 2.40. The van der Waals surface area contributed by atoms with Crippen LogP contribution >= 0.6 is 0 Å². The first-order valence-corrected chi connectivity index (χ1v) is 9.63. The predicted octanol–water partition coefficient (Wildman–Crippen LogP) is 3.58. The summed E-state index contributed by atoms with van der Waals surface area (Å²) in [4.78, 5) is 22.3. The standard InChI is InChI=1S/C21H28N4O5/c1-21(2,3)18-13-11-25(20(26)27)8-7-14(13)23-19(24-18)22-12-9-15(28-4)17(30-6)16(10-12)29-5/h9-10H,7-8,11H2,1-6H3,(H,26,27)(H,22,23,24). The van der Waals surface area contributed by atoms with Gasteiger partial charge in [0.05, 0.1) is 39.3 Å². The summed E-state index contributed by atoms with van der Waals surface area (Å²) in [6.45, 7) is 6.86. The molecular formula is C21H28N4O5. The third-order valence-electron chi connectivity index (χ3n) is 4.96. The monoisotopic (exact) mass is 416 g/mol. The van der Waals surface area contributed by atoms with Gasteiger partial charge in [0.2, 0.25) is 11.7 Å². The van der Waals surface area contributed by atoms with E-state index in [9.17, 15) is 9.90 Å². The van der Waals surface area contributed by atoms with Gasteiger partial charge in [-0.3, -0.25) is 0 Å². The van der Waals surface area contributed by atoms with Gasteiger partial charge in [-0.1, -0.05) is 20.8 Å². The summed E-state index contributed by atoms with van der Waals surface area (Å²) in [5.41, 5.74) is 2.98. The third-order valence-corrected chi connectivity index (χ3v) is 4.96. The lowest BCUT2D eigenvalue weighted by atomic mass is 9.86. The number of nitrogens with zero attached hydrogens (tertiary/aromatic N) is 3. The van der Waals surface area contributed by atoms with Crippen LogP contribution in [0.15, 0.2) is 12.1 Å². The Morgan fingerprint density at radius 1 is 1.10 bits per heavy atom. The average Bonchev–Trinajstić information content (AvgIpc) is 2.71. The van der Waals surface area contributed by atoms with Crippen molar-refractivity contribution in [2.45, 2.75) is 39.2 Å². The number of fused-ring (bicyclic) bond motifs is 1. The lowest BCUT2D eigenvalue weighted by Crippen LogP contribution is -2.37. The Labute approximate surface area is 176 Å². The van der Waals surface area contributed by atoms with Gasteiger partial charge in [-0.15, -0.1) is 0 Å². The summed E-state index contributed by atoms with van der Waals surface area (Å²) in [6, 6.07) is 3.57. The van der Waals surface area contributed by atoms with Crippen LogP contribution in [-0.4, -0.2) is 53.9 Å². The van der Waals surface area contributed by atoms with Crippen molar-refractivity contribution in [1.82, 2.24) is 14.9 Å². The average molecular weight is 416 g/mol. The van der Waals surface area contributed by atoms with Crippen molar-refractivity contribution in [3.63, 3.8) is 0 Å². The maximum Gasteiger partial charge on any atom is 0.407 e. The van der Waals surface area contributed by atoms with Gasteiger partial charge in [0.15, 0.2) is 11.5 Å². The first-order valence-electron chi connectivity index (χ1n) is 9.63. The molecule has 2 aromatic rings. The molecule has 1 aliphatic heterocycles. The number of methoxy groups -OCH3 is 3. The topological polar surface area (TPSA) is 106 Å². The van der Waals surface area contributed by atoms with Crippen LogP contribution in [0.5, 0.6) is 17.2 Å². The molecule has 2 heterocycles. The van der Waals surface area contributed by atoms with Crippen LogP contribution in [0.25, 0.3) is 0 Å². The minimum atomic E-state index is -0.930. The van der Waals surface area contributed by atoms with E-state index in [2.05, 4.69) is 31.1 Å². The van der Waals surface area contributed by atoms with E-state index < -0.39 is 6.09 Å². The molecule has 9 nitrogen and oxygen atoms in total. The number of nitrogens with one attached hydrogen (secondary N) is 1. The number of amides is 1. The molecule has 0 bridgehead atoms. The highest BCUT2D eigenvalue weighted by Gasteiger charge is 2.30. The first-order chi connectivity index (χ1) is 14.2. The van der Waals surface area contributed by atoms with E-state index in [0.717, 1.165) is 17.0 Å². The third kappa shape index (κ3) is 4.19. The molecule has 0 fully saturated rings. The number of carbonyl (C=O) groups is 1. The summed E-state index contributed by atoms with van der Waals surface area (Å²) in [7, 11) is 4.67. The Bertz CT molecular complexity index is 930. The van der Waals surface area contributed by atoms with E-state index >= 15 is 0 Å². The largest absolute Gasteiger partial charge is 0.493 e. The summed E-state index contributed by atoms with van der Waals surface area (Å²) in [5, 5.41) is 12.6. The fraction of sp³-hybridized carbons (Fsp3) is 0.476. The summed E-state index contributed by atoms with van der Waals surface area (Å²) in [5.74, 6) is 1.98. The van der Waals surface area contributed by atoms with Crippen LogP contribution in [-0.2, 0) is 18.4 Å². The molecule has 0 saturated heterocycles. The molecule has 162 valence electrons. The number of aromatic nitrogens is 2. The maximum absolute atomic E-state index is 11.4. The molecule has 0 aliphatic carbocycles. The van der Waals surface area contributed by atoms with Gasteiger partial charge in [-0.25, -0.2) is 14.8 Å². The smallest absolute Gasteiger partial charge is 0.407 e. The fourth-order valence-electron chi connectivity index (χ4n) is 3.54. The second-order valence-corrected chi connectivity index (χ2v) is 8.06. The van der Waals surface area contributed by atoms with Crippen LogP contribution in [0.2, 0.25) is 0 Å². The molecule has 0 radical (unpaired) electrons. The summed E-state index contributed by atoms with van der Waals surface area (Å²) in [6.07, 6.45) is -0.392. The van der Waals surface area contributed by atoms with Crippen molar-refractivity contribution in [2.24, 2.45) is 0 Å². The van der Waals surface area contributed by atoms with Gasteiger partial charge in [0.25, 0.3) is 0 Å². The molecule has 0 saturated carbocycles. The van der Waals surface area contributed by atoms with Crippen LogP contribution in [0, 0.1) is 0 Å². The Balaban J connectivity index is 2.03. The molecule has 1 aliphatic rings. The van der Waals surface area contributed by atoms with Gasteiger partial charge in [-0.2, -0.15) is 0 Å². The van der Waals surface area contributed by atoms with Crippen molar-refractivity contribution in [3.8, 4) is 17.2 Å². The maximum atomic E-state index is 11.4. The van der Waals surface area contributed by atoms with Crippen molar-refractivity contribution in [2.75, 3.05) is 33.2 Å². The molecule has 1 aromatic carbocycles. The van der Waals surface area contributed by atoms with Crippen LogP contribution in [0.3, 0.4) is 0 Å². The van der Waals surface area contributed by atoms with Gasteiger partial charge in [-0.05, 0) is 0 Å². The minimum absolute atomic E-state index is 0.278. The zero-order valence-electron chi connectivity index (χ0n) is 18.2. The molecule has 3 rings (SSSR count). The zero-order chi connectivity index (χ0) is 22.1. The van der Waals surface area contributed by atoms with Crippen molar-refractivity contribution in [3.05, 3.63) is 29.1 Å². The van der Waals surface area contributed by atoms with Gasteiger partial charge < -0.3 is 29.5 Å². The SMILES string of the molecule is COc1cc(Nc2nc3c(c(C(C)(C)C)n2)CN(C(=O)O)CC3)cc(OC)c1OC. The quantitative estimate of drug-likeness (QED) is 0.762. The van der Waals surface area contributed by atoms with Gasteiger partial charge in [0, 0.05) is 41.8 Å². The first kappa shape index (κ1) is 21.5. The Morgan fingerprint density at radius 2 is 1.73 bits per heavy atom. The van der Waals surface area contributed by atoms with E-state index in [1.165, 1.54) is 4.90 Å². The number of anilines is 2. The van der Waals surface area contributed by atoms with Crippen LogP contribution in [0.1, 0.15) is 37.7 Å². The summed E-state index contributed by atoms with van der Waals surface area (Å²) >= 11 is 0. The van der Waals surface area contributed by atoms with Crippen molar-refractivity contribution >= 4 is 17.7 Å². The number of carboxylic acid groups (broad SMARTS) is 1. The molecule has 0 spiro atoms. The molecule has 2 N–H and O–H groups in total. The molecule has 0 atom stereocenters. The van der Waals surface area contributed by atoms with E-state index in [0.29, 0.717) is 48.4 Å². The molecule has 0 unspecified atom stereocenters. The van der Waals surface area contributed by atoms with E-state index in [1.54, 1.807) is 33.5 Å². The number of rotatable bonds is 5. The number of hydrogen-bond donors (Lipinski definition) is 2. The highest BCUT2D eigenvalue weighted by atomic mass is 16.5. The molecular weight excluding hydrogens is 388 g/mol. The van der Waals surface area contributed by atoms with E-state index in [1.807, 2.05) is 0 Å². The molecule has 1 amide bonds. The number of hydrogen-bond acceptors (Lipinski definition) is 7. The van der Waals surface area contributed by atoms with Crippen molar-refractivity contribution in [1.29, 1.82) is 0 Å². The lowest BCUT2D eigenvalue weighted by Gasteiger charge is -2.31. The van der Waals surface area contributed by atoms with E-state index in [4.69, 9.17) is 19.2 Å². The Hall–Kier alpha value is -3.23. The normalized spacial score (nSPS) is 13.5. The second kappa shape index (κ2) is 8.25. The van der Waals surface area contributed by atoms with E-state index in [-0.39, 0.29) is 5.41 Å². The van der Waals surface area contributed by atoms with Crippen LogP contribution in [0.4, 0.5) is 16.4 Å². The van der Waals surface area contributed by atoms with Gasteiger partial charge in [0.1, 0.15) is 0 Å². The number of benzene rings is 1. The Morgan fingerprint density at radius 3 is 2.23 bits per heavy atom. The van der Waals surface area contributed by atoms with Crippen LogP contribution < -0.4 is 19.5 Å². The second-order valence-electron chi connectivity index (χ2n) is 8.06. The zero-order valence-corrected chi connectivity index (χ0v) is 18.2. The molecule has 1 aromatic heterocycles. The summed E-state index contributed by atoms with van der Waals surface area (Å²) < 4.78 is 16.2. The Kier molecular flexibility index (Phi) is 5.91. The number of ether oxygens (including phenoxy) is 3. The fourth-order valence-corrected chi connectivity index (χ4v) is 3.54.